The van der Waals surface area contributed by atoms with Crippen LogP contribution in [0.2, 0.25) is 5.02 Å². The summed E-state index contributed by atoms with van der Waals surface area (Å²) in [5, 5.41) is 3.33. The third-order valence-corrected chi connectivity index (χ3v) is 3.35. The minimum atomic E-state index is -0.602. The first kappa shape index (κ1) is 14.9. The molecule has 1 amide bonds. The maximum absolute atomic E-state index is 12.0. The van der Waals surface area contributed by atoms with Crippen molar-refractivity contribution in [1.29, 1.82) is 0 Å². The Bertz CT molecular complexity index is 601. The summed E-state index contributed by atoms with van der Waals surface area (Å²) in [6, 6.07) is 14.3. The van der Waals surface area contributed by atoms with Crippen molar-refractivity contribution in [2.45, 2.75) is 13.0 Å². The van der Waals surface area contributed by atoms with E-state index in [2.05, 4.69) is 21.2 Å². The van der Waals surface area contributed by atoms with E-state index in [1.165, 1.54) is 0 Å². The number of carbonyl (C=O) groups is 1. The summed E-state index contributed by atoms with van der Waals surface area (Å²) in [5.74, 6) is 0.414. The number of halogens is 2. The Labute approximate surface area is 131 Å². The zero-order chi connectivity index (χ0) is 14.5. The molecule has 0 saturated heterocycles. The summed E-state index contributed by atoms with van der Waals surface area (Å²) in [6.45, 7) is 1.70. The standard InChI is InChI=1S/C15H13BrClNO2/c1-10(20-14-7-5-11(16)6-8-14)15(19)18-13-4-2-3-12(17)9-13/h2-10H,1H3,(H,18,19)/t10-/m0/s1. The predicted molar refractivity (Wildman–Crippen MR) is 84.3 cm³/mol. The molecule has 0 radical (unpaired) electrons. The molecule has 0 fully saturated rings. The van der Waals surface area contributed by atoms with Crippen molar-refractivity contribution >= 4 is 39.1 Å². The van der Waals surface area contributed by atoms with Crippen LogP contribution in [0.3, 0.4) is 0 Å². The van der Waals surface area contributed by atoms with E-state index in [-0.39, 0.29) is 5.91 Å². The summed E-state index contributed by atoms with van der Waals surface area (Å²) in [4.78, 5) is 12.0. The monoisotopic (exact) mass is 353 g/mol. The van der Waals surface area contributed by atoms with Crippen LogP contribution in [0.15, 0.2) is 53.0 Å². The molecule has 0 aliphatic carbocycles. The molecule has 0 spiro atoms. The van der Waals surface area contributed by atoms with Crippen molar-refractivity contribution in [2.24, 2.45) is 0 Å². The van der Waals surface area contributed by atoms with Crippen LogP contribution >= 0.6 is 27.5 Å². The van der Waals surface area contributed by atoms with Crippen LogP contribution < -0.4 is 10.1 Å². The van der Waals surface area contributed by atoms with Crippen molar-refractivity contribution in [1.82, 2.24) is 0 Å². The number of amides is 1. The SMILES string of the molecule is C[C@H](Oc1ccc(Br)cc1)C(=O)Nc1cccc(Cl)c1. The van der Waals surface area contributed by atoms with Crippen LogP contribution in [-0.4, -0.2) is 12.0 Å². The fraction of sp³-hybridized carbons (Fsp3) is 0.133. The van der Waals surface area contributed by atoms with Gasteiger partial charge in [0, 0.05) is 15.2 Å². The van der Waals surface area contributed by atoms with Gasteiger partial charge in [0.25, 0.3) is 5.91 Å². The van der Waals surface area contributed by atoms with Crippen molar-refractivity contribution in [3.05, 3.63) is 58.0 Å². The summed E-state index contributed by atoms with van der Waals surface area (Å²) in [6.07, 6.45) is -0.602. The number of ether oxygens (including phenoxy) is 1. The van der Waals surface area contributed by atoms with Gasteiger partial charge >= 0.3 is 0 Å². The molecular formula is C15H13BrClNO2. The normalized spacial score (nSPS) is 11.8. The summed E-state index contributed by atoms with van der Waals surface area (Å²) in [5.41, 5.74) is 0.647. The van der Waals surface area contributed by atoms with E-state index in [9.17, 15) is 4.79 Å². The Balaban J connectivity index is 1.96. The lowest BCUT2D eigenvalue weighted by atomic mass is 10.3. The molecule has 3 nitrogen and oxygen atoms in total. The van der Waals surface area contributed by atoms with Crippen molar-refractivity contribution < 1.29 is 9.53 Å². The minimum Gasteiger partial charge on any atom is -0.481 e. The summed E-state index contributed by atoms with van der Waals surface area (Å²) in [7, 11) is 0. The highest BCUT2D eigenvalue weighted by molar-refractivity contribution is 9.10. The molecule has 1 atom stereocenters. The van der Waals surface area contributed by atoms with Gasteiger partial charge in [0.15, 0.2) is 6.10 Å². The lowest BCUT2D eigenvalue weighted by molar-refractivity contribution is -0.122. The molecule has 0 saturated carbocycles. The molecule has 0 aliphatic heterocycles. The van der Waals surface area contributed by atoms with E-state index in [4.69, 9.17) is 16.3 Å². The third kappa shape index (κ3) is 4.25. The number of anilines is 1. The van der Waals surface area contributed by atoms with E-state index >= 15 is 0 Å². The Morgan fingerprint density at radius 3 is 2.60 bits per heavy atom. The maximum Gasteiger partial charge on any atom is 0.265 e. The smallest absolute Gasteiger partial charge is 0.265 e. The first-order valence-corrected chi connectivity index (χ1v) is 7.20. The quantitative estimate of drug-likeness (QED) is 0.877. The highest BCUT2D eigenvalue weighted by Gasteiger charge is 2.14. The topological polar surface area (TPSA) is 38.3 Å². The van der Waals surface area contributed by atoms with Gasteiger partial charge in [-0.05, 0) is 49.4 Å². The average Bonchev–Trinajstić information content (AvgIpc) is 2.41. The molecule has 2 aromatic carbocycles. The second-order valence-corrected chi connectivity index (χ2v) is 5.57. The van der Waals surface area contributed by atoms with Crippen molar-refractivity contribution in [2.75, 3.05) is 5.32 Å². The molecule has 0 heterocycles. The highest BCUT2D eigenvalue weighted by atomic mass is 79.9. The number of benzene rings is 2. The number of nitrogens with one attached hydrogen (secondary N) is 1. The molecule has 5 heteroatoms. The fourth-order valence-corrected chi connectivity index (χ4v) is 2.04. The molecule has 0 bridgehead atoms. The molecular weight excluding hydrogens is 342 g/mol. The van der Waals surface area contributed by atoms with Gasteiger partial charge in [0.1, 0.15) is 5.75 Å². The zero-order valence-electron chi connectivity index (χ0n) is 10.8. The van der Waals surface area contributed by atoms with Gasteiger partial charge in [0.2, 0.25) is 0 Å². The van der Waals surface area contributed by atoms with Crippen molar-refractivity contribution in [3.8, 4) is 5.75 Å². The van der Waals surface area contributed by atoms with Crippen molar-refractivity contribution in [3.63, 3.8) is 0 Å². The molecule has 104 valence electrons. The van der Waals surface area contributed by atoms with Crippen LogP contribution in [-0.2, 0) is 4.79 Å². The van der Waals surface area contributed by atoms with E-state index in [1.807, 2.05) is 12.1 Å². The molecule has 1 N–H and O–H groups in total. The maximum atomic E-state index is 12.0. The number of hydrogen-bond acceptors (Lipinski definition) is 2. The average molecular weight is 355 g/mol. The van der Waals surface area contributed by atoms with Crippen LogP contribution in [0.25, 0.3) is 0 Å². The van der Waals surface area contributed by atoms with Gasteiger partial charge in [-0.2, -0.15) is 0 Å². The van der Waals surface area contributed by atoms with Gasteiger partial charge in [0.05, 0.1) is 0 Å². The van der Waals surface area contributed by atoms with Gasteiger partial charge in [-0.25, -0.2) is 0 Å². The fourth-order valence-electron chi connectivity index (χ4n) is 1.58. The summed E-state index contributed by atoms with van der Waals surface area (Å²) < 4.78 is 6.53. The van der Waals surface area contributed by atoms with Crippen LogP contribution in [0.4, 0.5) is 5.69 Å². The zero-order valence-corrected chi connectivity index (χ0v) is 13.1. The number of carbonyl (C=O) groups excluding carboxylic acids is 1. The Morgan fingerprint density at radius 1 is 1.25 bits per heavy atom. The van der Waals surface area contributed by atoms with Gasteiger partial charge in [-0.15, -0.1) is 0 Å². The number of hydrogen-bond donors (Lipinski definition) is 1. The van der Waals surface area contributed by atoms with E-state index in [0.717, 1.165) is 4.47 Å². The predicted octanol–water partition coefficient (Wildman–Crippen LogP) is 4.51. The summed E-state index contributed by atoms with van der Waals surface area (Å²) >= 11 is 9.21. The van der Waals surface area contributed by atoms with Crippen LogP contribution in [0, 0.1) is 0 Å². The molecule has 0 unspecified atom stereocenters. The molecule has 2 rings (SSSR count). The van der Waals surface area contributed by atoms with E-state index in [1.54, 1.807) is 43.3 Å². The second-order valence-electron chi connectivity index (χ2n) is 4.21. The van der Waals surface area contributed by atoms with Gasteiger partial charge in [-0.3, -0.25) is 4.79 Å². The Hall–Kier alpha value is -1.52. The lowest BCUT2D eigenvalue weighted by Gasteiger charge is -2.14. The first-order valence-electron chi connectivity index (χ1n) is 6.03. The molecule has 0 aliphatic rings. The second kappa shape index (κ2) is 6.77. The number of rotatable bonds is 4. The van der Waals surface area contributed by atoms with E-state index < -0.39 is 6.10 Å². The third-order valence-electron chi connectivity index (χ3n) is 2.59. The Morgan fingerprint density at radius 2 is 1.95 bits per heavy atom. The molecule has 2 aromatic rings. The van der Waals surface area contributed by atoms with Crippen LogP contribution in [0.5, 0.6) is 5.75 Å². The van der Waals surface area contributed by atoms with E-state index in [0.29, 0.717) is 16.5 Å². The lowest BCUT2D eigenvalue weighted by Crippen LogP contribution is -2.30. The first-order chi connectivity index (χ1) is 9.54. The minimum absolute atomic E-state index is 0.227. The molecule has 0 aromatic heterocycles. The van der Waals surface area contributed by atoms with Gasteiger partial charge < -0.3 is 10.1 Å². The Kier molecular flexibility index (Phi) is 5.04. The van der Waals surface area contributed by atoms with Gasteiger partial charge in [-0.1, -0.05) is 33.6 Å². The largest absolute Gasteiger partial charge is 0.481 e. The highest BCUT2D eigenvalue weighted by Crippen LogP contribution is 2.18. The molecule has 20 heavy (non-hydrogen) atoms. The van der Waals surface area contributed by atoms with Crippen LogP contribution in [0.1, 0.15) is 6.92 Å².